The molecule has 1 fully saturated rings. The van der Waals surface area contributed by atoms with Gasteiger partial charge in [0.1, 0.15) is 5.60 Å². The third-order valence-corrected chi connectivity index (χ3v) is 6.44. The summed E-state index contributed by atoms with van der Waals surface area (Å²) in [5.41, 5.74) is 0.457. The zero-order valence-corrected chi connectivity index (χ0v) is 18.8. The van der Waals surface area contributed by atoms with Gasteiger partial charge in [0.2, 0.25) is 10.0 Å². The molecule has 0 aliphatic carbocycles. The number of hydrogen-bond donors (Lipinski definition) is 2. The molecule has 1 atom stereocenters. The number of carbonyl (C=O) groups excluding carboxylic acids is 1. The number of aliphatic imine (C=N–C) groups is 1. The van der Waals surface area contributed by atoms with E-state index in [1.54, 1.807) is 36.1 Å². The zero-order valence-electron chi connectivity index (χ0n) is 18.0. The lowest BCUT2D eigenvalue weighted by Gasteiger charge is -2.39. The molecule has 1 aromatic carbocycles. The van der Waals surface area contributed by atoms with Crippen molar-refractivity contribution in [3.8, 4) is 0 Å². The number of piperazine rings is 1. The first-order valence-corrected chi connectivity index (χ1v) is 11.7. The SMILES string of the molecule is CCNS(=O)(=O)c1ccc(CNC2=NCC3CN(C(=O)OC(C)(C)C)CCN23)cc1. The largest absolute Gasteiger partial charge is 0.444 e. The van der Waals surface area contributed by atoms with E-state index in [1.807, 2.05) is 20.8 Å². The molecule has 1 saturated heterocycles. The minimum Gasteiger partial charge on any atom is -0.444 e. The molecule has 166 valence electrons. The van der Waals surface area contributed by atoms with Crippen LogP contribution in [0.3, 0.4) is 0 Å². The van der Waals surface area contributed by atoms with Crippen molar-refractivity contribution in [2.75, 3.05) is 32.7 Å². The van der Waals surface area contributed by atoms with Crippen LogP contribution in [0.2, 0.25) is 0 Å². The van der Waals surface area contributed by atoms with Gasteiger partial charge in [0.15, 0.2) is 5.96 Å². The highest BCUT2D eigenvalue weighted by Crippen LogP contribution is 2.19. The Morgan fingerprint density at radius 1 is 1.23 bits per heavy atom. The van der Waals surface area contributed by atoms with E-state index in [2.05, 4.69) is 19.9 Å². The third-order valence-electron chi connectivity index (χ3n) is 4.88. The summed E-state index contributed by atoms with van der Waals surface area (Å²) in [4.78, 5) is 21.1. The van der Waals surface area contributed by atoms with E-state index < -0.39 is 15.6 Å². The maximum absolute atomic E-state index is 12.3. The fraction of sp³-hybridized carbons (Fsp3) is 0.600. The number of sulfonamides is 1. The van der Waals surface area contributed by atoms with Gasteiger partial charge in [0.25, 0.3) is 0 Å². The van der Waals surface area contributed by atoms with Gasteiger partial charge >= 0.3 is 6.09 Å². The van der Waals surface area contributed by atoms with Gasteiger partial charge in [0.05, 0.1) is 17.5 Å². The second kappa shape index (κ2) is 8.81. The Balaban J connectivity index is 1.52. The van der Waals surface area contributed by atoms with Crippen LogP contribution in [-0.2, 0) is 21.3 Å². The van der Waals surface area contributed by atoms with Gasteiger partial charge in [-0.2, -0.15) is 0 Å². The lowest BCUT2D eigenvalue weighted by atomic mass is 10.2. The molecule has 10 heteroatoms. The number of nitrogens with zero attached hydrogens (tertiary/aromatic N) is 3. The van der Waals surface area contributed by atoms with Gasteiger partial charge in [-0.3, -0.25) is 4.99 Å². The maximum Gasteiger partial charge on any atom is 0.410 e. The van der Waals surface area contributed by atoms with Crippen molar-refractivity contribution in [3.63, 3.8) is 0 Å². The average molecular weight is 438 g/mol. The highest BCUT2D eigenvalue weighted by Gasteiger charge is 2.36. The monoisotopic (exact) mass is 437 g/mol. The molecule has 0 saturated carbocycles. The first kappa shape index (κ1) is 22.4. The predicted molar refractivity (Wildman–Crippen MR) is 115 cm³/mol. The Bertz CT molecular complexity index is 893. The van der Waals surface area contributed by atoms with Crippen molar-refractivity contribution < 1.29 is 17.9 Å². The van der Waals surface area contributed by atoms with Crippen LogP contribution in [0, 0.1) is 0 Å². The van der Waals surface area contributed by atoms with Crippen LogP contribution in [0.4, 0.5) is 4.79 Å². The topological polar surface area (TPSA) is 103 Å². The Labute approximate surface area is 178 Å². The molecule has 1 unspecified atom stereocenters. The molecule has 1 amide bonds. The molecule has 0 radical (unpaired) electrons. The van der Waals surface area contributed by atoms with Crippen LogP contribution in [-0.4, -0.2) is 74.6 Å². The number of nitrogens with one attached hydrogen (secondary N) is 2. The fourth-order valence-corrected chi connectivity index (χ4v) is 4.50. The van der Waals surface area contributed by atoms with Crippen LogP contribution in [0.5, 0.6) is 0 Å². The lowest BCUT2D eigenvalue weighted by Crippen LogP contribution is -2.57. The van der Waals surface area contributed by atoms with Crippen molar-refractivity contribution in [2.24, 2.45) is 4.99 Å². The molecule has 3 rings (SSSR count). The summed E-state index contributed by atoms with van der Waals surface area (Å²) in [6.45, 7) is 10.7. The van der Waals surface area contributed by atoms with Crippen LogP contribution >= 0.6 is 0 Å². The fourth-order valence-electron chi connectivity index (χ4n) is 3.46. The maximum atomic E-state index is 12.3. The van der Waals surface area contributed by atoms with Crippen LogP contribution in [0.15, 0.2) is 34.2 Å². The smallest absolute Gasteiger partial charge is 0.410 e. The van der Waals surface area contributed by atoms with Gasteiger partial charge in [-0.15, -0.1) is 0 Å². The van der Waals surface area contributed by atoms with Gasteiger partial charge in [-0.05, 0) is 38.5 Å². The summed E-state index contributed by atoms with van der Waals surface area (Å²) in [6.07, 6.45) is -0.281. The molecule has 9 nitrogen and oxygen atoms in total. The number of hydrogen-bond acceptors (Lipinski definition) is 7. The number of ether oxygens (including phenoxy) is 1. The van der Waals surface area contributed by atoms with Crippen LogP contribution < -0.4 is 10.0 Å². The summed E-state index contributed by atoms with van der Waals surface area (Å²) in [7, 11) is -3.44. The molecule has 0 spiro atoms. The molecule has 0 aromatic heterocycles. The summed E-state index contributed by atoms with van der Waals surface area (Å²) >= 11 is 0. The van der Waals surface area contributed by atoms with Gasteiger partial charge < -0.3 is 19.9 Å². The minimum absolute atomic E-state index is 0.140. The van der Waals surface area contributed by atoms with E-state index in [4.69, 9.17) is 4.74 Å². The second-order valence-electron chi connectivity index (χ2n) is 8.44. The molecule has 2 N–H and O–H groups in total. The van der Waals surface area contributed by atoms with Crippen molar-refractivity contribution in [3.05, 3.63) is 29.8 Å². The first-order valence-electron chi connectivity index (χ1n) is 10.2. The molecule has 2 heterocycles. The van der Waals surface area contributed by atoms with Crippen molar-refractivity contribution in [1.29, 1.82) is 0 Å². The number of rotatable bonds is 5. The van der Waals surface area contributed by atoms with Crippen LogP contribution in [0.25, 0.3) is 0 Å². The molecule has 2 aliphatic heterocycles. The van der Waals surface area contributed by atoms with E-state index in [-0.39, 0.29) is 17.0 Å². The first-order chi connectivity index (χ1) is 14.1. The minimum atomic E-state index is -3.44. The van der Waals surface area contributed by atoms with Gasteiger partial charge in [-0.25, -0.2) is 17.9 Å². The summed E-state index contributed by atoms with van der Waals surface area (Å²) < 4.78 is 32.0. The highest BCUT2D eigenvalue weighted by molar-refractivity contribution is 7.89. The highest BCUT2D eigenvalue weighted by atomic mass is 32.2. The predicted octanol–water partition coefficient (Wildman–Crippen LogP) is 1.37. The Morgan fingerprint density at radius 3 is 2.57 bits per heavy atom. The van der Waals surface area contributed by atoms with E-state index in [0.29, 0.717) is 39.3 Å². The number of fused-ring (bicyclic) bond motifs is 1. The summed E-state index contributed by atoms with van der Waals surface area (Å²) in [6, 6.07) is 6.94. The van der Waals surface area contributed by atoms with Gasteiger partial charge in [-0.1, -0.05) is 19.1 Å². The third kappa shape index (κ3) is 5.42. The standard InChI is InChI=1S/C20H31N5O4S/c1-5-23-30(27,28)17-8-6-15(7-9-17)12-21-18-22-13-16-14-24(10-11-25(16)18)19(26)29-20(2,3)4/h6-9,16,23H,5,10-14H2,1-4H3,(H,21,22). The number of carbonyl (C=O) groups is 1. The number of benzene rings is 1. The Kier molecular flexibility index (Phi) is 6.56. The molecule has 1 aromatic rings. The molecule has 0 bridgehead atoms. The van der Waals surface area contributed by atoms with Crippen molar-refractivity contribution in [2.45, 2.75) is 50.8 Å². The number of guanidine groups is 1. The normalized spacial score (nSPS) is 19.3. The van der Waals surface area contributed by atoms with E-state index in [9.17, 15) is 13.2 Å². The van der Waals surface area contributed by atoms with E-state index in [0.717, 1.165) is 11.5 Å². The lowest BCUT2D eigenvalue weighted by molar-refractivity contribution is 0.0137. The van der Waals surface area contributed by atoms with Crippen molar-refractivity contribution in [1.82, 2.24) is 19.8 Å². The second-order valence-corrected chi connectivity index (χ2v) is 10.2. The molecular formula is C20H31N5O4S. The van der Waals surface area contributed by atoms with Gasteiger partial charge in [0, 0.05) is 32.7 Å². The molecular weight excluding hydrogens is 406 g/mol. The summed E-state index contributed by atoms with van der Waals surface area (Å²) in [5, 5.41) is 3.34. The Hall–Kier alpha value is -2.33. The van der Waals surface area contributed by atoms with E-state index in [1.165, 1.54) is 0 Å². The summed E-state index contributed by atoms with van der Waals surface area (Å²) in [5.74, 6) is 0.813. The van der Waals surface area contributed by atoms with E-state index >= 15 is 0 Å². The molecule has 30 heavy (non-hydrogen) atoms. The Morgan fingerprint density at radius 2 is 1.93 bits per heavy atom. The van der Waals surface area contributed by atoms with Crippen molar-refractivity contribution >= 4 is 22.1 Å². The number of amides is 1. The zero-order chi connectivity index (χ0) is 21.9. The molecule has 2 aliphatic rings. The quantitative estimate of drug-likeness (QED) is 0.721. The average Bonchev–Trinajstić information content (AvgIpc) is 3.07. The van der Waals surface area contributed by atoms with Crippen LogP contribution in [0.1, 0.15) is 33.3 Å².